The third kappa shape index (κ3) is 3.43. The van der Waals surface area contributed by atoms with Crippen LogP contribution in [-0.2, 0) is 6.54 Å². The van der Waals surface area contributed by atoms with Crippen LogP contribution in [-0.4, -0.2) is 22.2 Å². The lowest BCUT2D eigenvalue weighted by Gasteiger charge is -2.13. The lowest BCUT2D eigenvalue weighted by Crippen LogP contribution is -2.30. The van der Waals surface area contributed by atoms with Gasteiger partial charge in [-0.1, -0.05) is 19.1 Å². The summed E-state index contributed by atoms with van der Waals surface area (Å²) in [5.74, 6) is -0.423. The maximum atomic E-state index is 13.8. The van der Waals surface area contributed by atoms with E-state index in [0.717, 1.165) is 11.4 Å². The number of amides is 1. The van der Waals surface area contributed by atoms with Crippen LogP contribution in [0.25, 0.3) is 11.0 Å². The number of carbonyl (C=O) groups is 1. The number of hydrogen-bond acceptors (Lipinski definition) is 3. The maximum Gasteiger partial charge on any atom is 0.287 e. The van der Waals surface area contributed by atoms with E-state index in [1.54, 1.807) is 19.1 Å². The zero-order valence-electron chi connectivity index (χ0n) is 14.9. The molecule has 6 heteroatoms. The van der Waals surface area contributed by atoms with Gasteiger partial charge in [0.2, 0.25) is 0 Å². The Kier molecular flexibility index (Phi) is 4.61. The highest BCUT2D eigenvalue weighted by atomic mass is 19.1. The Bertz CT molecular complexity index is 926. The Labute approximate surface area is 145 Å². The monoisotopic (exact) mass is 343 g/mol. The third-order valence-electron chi connectivity index (χ3n) is 4.32. The topological polar surface area (TPSA) is 60.1 Å². The number of fused-ring (bicyclic) bond motifs is 1. The number of furan rings is 1. The molecule has 0 radical (unpaired) electrons. The Morgan fingerprint density at radius 1 is 1.36 bits per heavy atom. The molecule has 0 aliphatic carbocycles. The number of nitrogens with zero attached hydrogens (tertiary/aromatic N) is 2. The molecule has 1 atom stereocenters. The summed E-state index contributed by atoms with van der Waals surface area (Å²) in [4.78, 5) is 12.4. The highest BCUT2D eigenvalue weighted by molar-refractivity contribution is 5.98. The van der Waals surface area contributed by atoms with Crippen LogP contribution >= 0.6 is 0 Å². The molecule has 3 rings (SSSR count). The van der Waals surface area contributed by atoms with Gasteiger partial charge in [-0.15, -0.1) is 0 Å². The quantitative estimate of drug-likeness (QED) is 0.767. The highest BCUT2D eigenvalue weighted by Crippen LogP contribution is 2.27. The normalized spacial score (nSPS) is 12.5. The maximum absolute atomic E-state index is 13.8. The van der Waals surface area contributed by atoms with E-state index in [1.807, 2.05) is 31.5 Å². The zero-order valence-corrected chi connectivity index (χ0v) is 14.9. The molecule has 0 saturated heterocycles. The van der Waals surface area contributed by atoms with Crippen LogP contribution in [0.3, 0.4) is 0 Å². The smallest absolute Gasteiger partial charge is 0.287 e. The van der Waals surface area contributed by atoms with E-state index in [-0.39, 0.29) is 23.2 Å². The fraction of sp³-hybridized carbons (Fsp3) is 0.368. The summed E-state index contributed by atoms with van der Waals surface area (Å²) in [7, 11) is 0. The zero-order chi connectivity index (χ0) is 18.1. The first kappa shape index (κ1) is 17.2. The summed E-state index contributed by atoms with van der Waals surface area (Å²) in [6.45, 7) is 8.97. The van der Waals surface area contributed by atoms with Crippen LogP contribution in [0.1, 0.15) is 34.4 Å². The van der Waals surface area contributed by atoms with Crippen LogP contribution < -0.4 is 5.32 Å². The largest absolute Gasteiger partial charge is 0.448 e. The van der Waals surface area contributed by atoms with Crippen LogP contribution in [0.2, 0.25) is 0 Å². The molecule has 5 nitrogen and oxygen atoms in total. The van der Waals surface area contributed by atoms with Crippen molar-refractivity contribution in [3.8, 4) is 0 Å². The number of nitrogens with one attached hydrogen (secondary N) is 1. The van der Waals surface area contributed by atoms with E-state index in [1.165, 1.54) is 6.07 Å². The van der Waals surface area contributed by atoms with Crippen LogP contribution in [0.4, 0.5) is 4.39 Å². The highest BCUT2D eigenvalue weighted by Gasteiger charge is 2.20. The summed E-state index contributed by atoms with van der Waals surface area (Å²) in [6, 6.07) is 6.71. The number of rotatable bonds is 5. The van der Waals surface area contributed by atoms with Crippen molar-refractivity contribution < 1.29 is 13.6 Å². The number of aryl methyl sites for hydroxylation is 3. The van der Waals surface area contributed by atoms with Crippen molar-refractivity contribution in [1.29, 1.82) is 0 Å². The molecule has 0 unspecified atom stereocenters. The molecule has 0 fully saturated rings. The summed E-state index contributed by atoms with van der Waals surface area (Å²) in [5.41, 5.74) is 2.85. The Hall–Kier alpha value is -2.63. The van der Waals surface area contributed by atoms with E-state index < -0.39 is 5.82 Å². The van der Waals surface area contributed by atoms with Gasteiger partial charge in [-0.25, -0.2) is 4.39 Å². The summed E-state index contributed by atoms with van der Waals surface area (Å²) >= 11 is 0. The minimum Gasteiger partial charge on any atom is -0.448 e. The molecule has 1 aromatic carbocycles. The second-order valence-corrected chi connectivity index (χ2v) is 6.60. The van der Waals surface area contributed by atoms with Gasteiger partial charge in [0.1, 0.15) is 0 Å². The van der Waals surface area contributed by atoms with E-state index in [0.29, 0.717) is 24.0 Å². The van der Waals surface area contributed by atoms with Crippen molar-refractivity contribution in [2.75, 3.05) is 6.54 Å². The second kappa shape index (κ2) is 6.70. The Morgan fingerprint density at radius 3 is 2.76 bits per heavy atom. The van der Waals surface area contributed by atoms with Gasteiger partial charge < -0.3 is 9.73 Å². The van der Waals surface area contributed by atoms with Gasteiger partial charge in [-0.3, -0.25) is 9.48 Å². The SMILES string of the molecule is Cc1cc(C)n(C[C@H](C)CNC(=O)c2oc3c(F)cccc3c2C)n1. The third-order valence-corrected chi connectivity index (χ3v) is 4.32. The standard InChI is InChI=1S/C19H22FN3O2/c1-11(10-23-13(3)8-12(2)22-23)9-21-19(24)17-14(4)15-6-5-7-16(20)18(15)25-17/h5-8,11H,9-10H2,1-4H3,(H,21,24)/t11-/m1/s1. The molecule has 1 N–H and O–H groups in total. The molecule has 0 aliphatic rings. The summed E-state index contributed by atoms with van der Waals surface area (Å²) < 4.78 is 21.2. The minimum atomic E-state index is -0.461. The van der Waals surface area contributed by atoms with Gasteiger partial charge in [0.05, 0.1) is 5.69 Å². The van der Waals surface area contributed by atoms with E-state index >= 15 is 0 Å². The number of aromatic nitrogens is 2. The molecular weight excluding hydrogens is 321 g/mol. The molecule has 25 heavy (non-hydrogen) atoms. The predicted octanol–water partition coefficient (Wildman–Crippen LogP) is 3.76. The molecule has 0 bridgehead atoms. The molecule has 0 aliphatic heterocycles. The molecule has 3 aromatic rings. The van der Waals surface area contributed by atoms with Crippen molar-refractivity contribution in [3.63, 3.8) is 0 Å². The number of carbonyl (C=O) groups excluding carboxylic acids is 1. The van der Waals surface area contributed by atoms with Gasteiger partial charge in [0.25, 0.3) is 5.91 Å². The summed E-state index contributed by atoms with van der Waals surface area (Å²) in [5, 5.41) is 7.93. The molecule has 2 heterocycles. The summed E-state index contributed by atoms with van der Waals surface area (Å²) in [6.07, 6.45) is 0. The lowest BCUT2D eigenvalue weighted by atomic mass is 10.1. The first-order valence-corrected chi connectivity index (χ1v) is 8.33. The number of hydrogen-bond donors (Lipinski definition) is 1. The van der Waals surface area contributed by atoms with Gasteiger partial charge in [-0.2, -0.15) is 5.10 Å². The second-order valence-electron chi connectivity index (χ2n) is 6.60. The minimum absolute atomic E-state index is 0.126. The van der Waals surface area contributed by atoms with Crippen molar-refractivity contribution >= 4 is 16.9 Å². The van der Waals surface area contributed by atoms with Crippen molar-refractivity contribution in [2.24, 2.45) is 5.92 Å². The van der Waals surface area contributed by atoms with Crippen LogP contribution in [0.15, 0.2) is 28.7 Å². The van der Waals surface area contributed by atoms with E-state index in [2.05, 4.69) is 10.4 Å². The number of para-hydroxylation sites is 1. The first-order chi connectivity index (χ1) is 11.9. The van der Waals surface area contributed by atoms with Gasteiger partial charge in [0.15, 0.2) is 17.2 Å². The average molecular weight is 343 g/mol. The number of benzene rings is 1. The van der Waals surface area contributed by atoms with E-state index in [9.17, 15) is 9.18 Å². The molecule has 2 aromatic heterocycles. The average Bonchev–Trinajstić information content (AvgIpc) is 3.06. The van der Waals surface area contributed by atoms with Crippen molar-refractivity contribution in [3.05, 3.63) is 52.8 Å². The van der Waals surface area contributed by atoms with Gasteiger partial charge >= 0.3 is 0 Å². The molecule has 0 spiro atoms. The van der Waals surface area contributed by atoms with Crippen molar-refractivity contribution in [2.45, 2.75) is 34.2 Å². The lowest BCUT2D eigenvalue weighted by molar-refractivity contribution is 0.0920. The molecule has 0 saturated carbocycles. The number of halogens is 1. The fourth-order valence-electron chi connectivity index (χ4n) is 2.99. The molecular formula is C19H22FN3O2. The molecule has 132 valence electrons. The fourth-order valence-corrected chi connectivity index (χ4v) is 2.99. The van der Waals surface area contributed by atoms with Crippen molar-refractivity contribution in [1.82, 2.24) is 15.1 Å². The van der Waals surface area contributed by atoms with Crippen LogP contribution in [0, 0.1) is 32.5 Å². The van der Waals surface area contributed by atoms with Crippen LogP contribution in [0.5, 0.6) is 0 Å². The van der Waals surface area contributed by atoms with Gasteiger partial charge in [0, 0.05) is 29.7 Å². The Morgan fingerprint density at radius 2 is 2.12 bits per heavy atom. The van der Waals surface area contributed by atoms with Gasteiger partial charge in [-0.05, 0) is 38.8 Å². The van der Waals surface area contributed by atoms with E-state index in [4.69, 9.17) is 4.42 Å². The Balaban J connectivity index is 1.67. The molecule has 1 amide bonds. The predicted molar refractivity (Wildman–Crippen MR) is 94.1 cm³/mol. The first-order valence-electron chi connectivity index (χ1n) is 8.33.